The first-order valence-electron chi connectivity index (χ1n) is 5.14. The van der Waals surface area contributed by atoms with Crippen molar-refractivity contribution in [3.8, 4) is 5.75 Å². The van der Waals surface area contributed by atoms with Crippen molar-refractivity contribution in [2.24, 2.45) is 0 Å². The normalized spacial score (nSPS) is 14.2. The Morgan fingerprint density at radius 1 is 1.37 bits per heavy atom. The standard InChI is InChI=1S/C10H12F3NO4S/c1-7(15)6-14-19(16,17)9-5-3-2-4-8(9)18-10(11,12)13/h2-5,7,14-15H,6H2,1H3/t7-/m1/s1. The molecule has 0 unspecified atom stereocenters. The second-order valence-corrected chi connectivity index (χ2v) is 5.43. The molecule has 0 radical (unpaired) electrons. The number of rotatable bonds is 5. The predicted molar refractivity (Wildman–Crippen MR) is 60.0 cm³/mol. The van der Waals surface area contributed by atoms with Crippen molar-refractivity contribution in [3.63, 3.8) is 0 Å². The maximum Gasteiger partial charge on any atom is 0.573 e. The number of halogens is 3. The fourth-order valence-electron chi connectivity index (χ4n) is 1.19. The zero-order chi connectivity index (χ0) is 14.7. The van der Waals surface area contributed by atoms with E-state index in [1.165, 1.54) is 19.1 Å². The van der Waals surface area contributed by atoms with Gasteiger partial charge in [0.05, 0.1) is 6.10 Å². The number of hydrogen-bond acceptors (Lipinski definition) is 4. The quantitative estimate of drug-likeness (QED) is 0.858. The van der Waals surface area contributed by atoms with Crippen molar-refractivity contribution < 1.29 is 31.4 Å². The van der Waals surface area contributed by atoms with E-state index in [0.29, 0.717) is 0 Å². The Hall–Kier alpha value is -1.32. The first-order chi connectivity index (χ1) is 8.62. The number of hydrogen-bond donors (Lipinski definition) is 2. The minimum Gasteiger partial charge on any atom is -0.404 e. The second-order valence-electron chi connectivity index (χ2n) is 3.70. The van der Waals surface area contributed by atoms with Crippen LogP contribution >= 0.6 is 0 Å². The summed E-state index contributed by atoms with van der Waals surface area (Å²) in [5, 5.41) is 8.98. The van der Waals surface area contributed by atoms with E-state index in [2.05, 4.69) is 4.74 Å². The van der Waals surface area contributed by atoms with Gasteiger partial charge < -0.3 is 9.84 Å². The number of sulfonamides is 1. The summed E-state index contributed by atoms with van der Waals surface area (Å²) in [4.78, 5) is -0.645. The number of benzene rings is 1. The Kier molecular flexibility index (Phi) is 4.77. The molecule has 0 fully saturated rings. The topological polar surface area (TPSA) is 75.6 Å². The van der Waals surface area contributed by atoms with Gasteiger partial charge in [0.15, 0.2) is 0 Å². The maximum atomic E-state index is 12.1. The van der Waals surface area contributed by atoms with E-state index >= 15 is 0 Å². The van der Waals surface area contributed by atoms with Gasteiger partial charge in [0.25, 0.3) is 0 Å². The number of ether oxygens (including phenoxy) is 1. The Bertz CT molecular complexity index is 528. The van der Waals surface area contributed by atoms with Crippen molar-refractivity contribution in [2.75, 3.05) is 6.54 Å². The summed E-state index contributed by atoms with van der Waals surface area (Å²) >= 11 is 0. The molecule has 108 valence electrons. The van der Waals surface area contributed by atoms with E-state index in [9.17, 15) is 21.6 Å². The fourth-order valence-corrected chi connectivity index (χ4v) is 2.44. The monoisotopic (exact) mass is 299 g/mol. The minimum absolute atomic E-state index is 0.317. The van der Waals surface area contributed by atoms with Gasteiger partial charge in [-0.1, -0.05) is 12.1 Å². The molecule has 0 amide bonds. The number of aliphatic hydroxyl groups excluding tert-OH is 1. The molecular formula is C10H12F3NO4S. The van der Waals surface area contributed by atoms with Crippen LogP contribution in [0.2, 0.25) is 0 Å². The van der Waals surface area contributed by atoms with Crippen molar-refractivity contribution in [3.05, 3.63) is 24.3 Å². The first-order valence-corrected chi connectivity index (χ1v) is 6.62. The lowest BCUT2D eigenvalue weighted by Gasteiger charge is -2.14. The van der Waals surface area contributed by atoms with E-state index in [1.807, 2.05) is 4.72 Å². The molecule has 0 heterocycles. The third-order valence-corrected chi connectivity index (χ3v) is 3.40. The van der Waals surface area contributed by atoms with Crippen molar-refractivity contribution in [1.29, 1.82) is 0 Å². The van der Waals surface area contributed by atoms with Gasteiger partial charge in [-0.05, 0) is 19.1 Å². The molecule has 19 heavy (non-hydrogen) atoms. The summed E-state index contributed by atoms with van der Waals surface area (Å²) in [5.74, 6) is -0.826. The van der Waals surface area contributed by atoms with Gasteiger partial charge in [0.2, 0.25) is 10.0 Å². The van der Waals surface area contributed by atoms with Crippen LogP contribution in [0.4, 0.5) is 13.2 Å². The molecule has 0 bridgehead atoms. The molecule has 0 aliphatic carbocycles. The zero-order valence-electron chi connectivity index (χ0n) is 9.81. The van der Waals surface area contributed by atoms with Crippen LogP contribution in [-0.4, -0.2) is 32.5 Å². The molecule has 0 aliphatic rings. The molecule has 2 N–H and O–H groups in total. The highest BCUT2D eigenvalue weighted by Gasteiger charge is 2.33. The van der Waals surface area contributed by atoms with Gasteiger partial charge >= 0.3 is 6.36 Å². The van der Waals surface area contributed by atoms with Crippen LogP contribution in [0.1, 0.15) is 6.92 Å². The van der Waals surface area contributed by atoms with Crippen LogP contribution in [-0.2, 0) is 10.0 Å². The van der Waals surface area contributed by atoms with Gasteiger partial charge in [0.1, 0.15) is 10.6 Å². The van der Waals surface area contributed by atoms with Gasteiger partial charge in [-0.25, -0.2) is 13.1 Å². The van der Waals surface area contributed by atoms with Gasteiger partial charge in [-0.3, -0.25) is 0 Å². The van der Waals surface area contributed by atoms with Crippen molar-refractivity contribution >= 4 is 10.0 Å². The lowest BCUT2D eigenvalue weighted by atomic mass is 10.3. The smallest absolute Gasteiger partial charge is 0.404 e. The van der Waals surface area contributed by atoms with Crippen LogP contribution in [0, 0.1) is 0 Å². The highest BCUT2D eigenvalue weighted by Crippen LogP contribution is 2.29. The van der Waals surface area contributed by atoms with Gasteiger partial charge in [0, 0.05) is 6.54 Å². The summed E-state index contributed by atoms with van der Waals surface area (Å²) in [5.41, 5.74) is 0. The van der Waals surface area contributed by atoms with Gasteiger partial charge in [-0.2, -0.15) is 0 Å². The lowest BCUT2D eigenvalue weighted by molar-refractivity contribution is -0.275. The highest BCUT2D eigenvalue weighted by molar-refractivity contribution is 7.89. The first kappa shape index (κ1) is 15.7. The van der Waals surface area contributed by atoms with Crippen LogP contribution in [0.15, 0.2) is 29.2 Å². The third kappa shape index (κ3) is 5.05. The number of para-hydroxylation sites is 1. The van der Waals surface area contributed by atoms with E-state index in [4.69, 9.17) is 5.11 Å². The number of aliphatic hydroxyl groups is 1. The molecule has 0 aliphatic heterocycles. The fraction of sp³-hybridized carbons (Fsp3) is 0.400. The van der Waals surface area contributed by atoms with Crippen molar-refractivity contribution in [2.45, 2.75) is 24.3 Å². The number of alkyl halides is 3. The van der Waals surface area contributed by atoms with E-state index < -0.39 is 33.1 Å². The number of nitrogens with one attached hydrogen (secondary N) is 1. The lowest BCUT2D eigenvalue weighted by Crippen LogP contribution is -2.31. The molecule has 9 heteroatoms. The molecule has 1 atom stereocenters. The third-order valence-electron chi connectivity index (χ3n) is 1.93. The Morgan fingerprint density at radius 2 is 1.95 bits per heavy atom. The molecule has 0 saturated heterocycles. The second kappa shape index (κ2) is 5.76. The molecule has 1 aromatic carbocycles. The summed E-state index contributed by atoms with van der Waals surface area (Å²) < 4.78 is 65.6. The molecular weight excluding hydrogens is 287 g/mol. The average Bonchev–Trinajstić information content (AvgIpc) is 2.25. The average molecular weight is 299 g/mol. The van der Waals surface area contributed by atoms with E-state index in [-0.39, 0.29) is 6.54 Å². The summed E-state index contributed by atoms with van der Waals surface area (Å²) in [6.07, 6.45) is -5.96. The SMILES string of the molecule is C[C@@H](O)CNS(=O)(=O)c1ccccc1OC(F)(F)F. The molecule has 0 aromatic heterocycles. The maximum absolute atomic E-state index is 12.1. The molecule has 0 spiro atoms. The molecule has 5 nitrogen and oxygen atoms in total. The zero-order valence-corrected chi connectivity index (χ0v) is 10.6. The van der Waals surface area contributed by atoms with Crippen LogP contribution in [0.3, 0.4) is 0 Å². The van der Waals surface area contributed by atoms with Crippen molar-refractivity contribution in [1.82, 2.24) is 4.72 Å². The summed E-state index contributed by atoms with van der Waals surface area (Å²) in [7, 11) is -4.19. The Balaban J connectivity index is 3.06. The van der Waals surface area contributed by atoms with Crippen LogP contribution in [0.25, 0.3) is 0 Å². The Morgan fingerprint density at radius 3 is 2.47 bits per heavy atom. The summed E-state index contributed by atoms with van der Waals surface area (Å²) in [6, 6.07) is 4.35. The summed E-state index contributed by atoms with van der Waals surface area (Å²) in [6.45, 7) is 1.02. The molecule has 1 rings (SSSR count). The van der Waals surface area contributed by atoms with Crippen LogP contribution in [0.5, 0.6) is 5.75 Å². The van der Waals surface area contributed by atoms with E-state index in [1.54, 1.807) is 0 Å². The van der Waals surface area contributed by atoms with E-state index in [0.717, 1.165) is 12.1 Å². The largest absolute Gasteiger partial charge is 0.573 e. The minimum atomic E-state index is -4.99. The van der Waals surface area contributed by atoms with Gasteiger partial charge in [-0.15, -0.1) is 13.2 Å². The van der Waals surface area contributed by atoms with Crippen LogP contribution < -0.4 is 9.46 Å². The highest BCUT2D eigenvalue weighted by atomic mass is 32.2. The molecule has 1 aromatic rings. The molecule has 0 saturated carbocycles. The Labute approximate surface area is 108 Å². The predicted octanol–water partition coefficient (Wildman–Crippen LogP) is 1.24.